The highest BCUT2D eigenvalue weighted by atomic mass is 16.2. The van der Waals surface area contributed by atoms with Crippen molar-refractivity contribution in [3.8, 4) is 0 Å². The summed E-state index contributed by atoms with van der Waals surface area (Å²) in [4.78, 5) is 26.6. The van der Waals surface area contributed by atoms with Gasteiger partial charge in [-0.1, -0.05) is 30.3 Å². The van der Waals surface area contributed by atoms with Gasteiger partial charge in [-0.25, -0.2) is 0 Å². The minimum Gasteiger partial charge on any atom is -0.355 e. The Morgan fingerprint density at radius 3 is 2.80 bits per heavy atom. The number of carbonyl (C=O) groups excluding carboxylic acids is 2. The largest absolute Gasteiger partial charge is 0.355 e. The predicted molar refractivity (Wildman–Crippen MR) is 93.9 cm³/mol. The molecule has 3 N–H and O–H groups in total. The van der Waals surface area contributed by atoms with E-state index < -0.39 is 6.04 Å². The second kappa shape index (κ2) is 7.48. The van der Waals surface area contributed by atoms with Crippen LogP contribution in [0.2, 0.25) is 0 Å². The molecule has 1 aliphatic rings. The molecule has 1 aromatic carbocycles. The van der Waals surface area contributed by atoms with Gasteiger partial charge in [0.05, 0.1) is 18.3 Å². The lowest BCUT2D eigenvalue weighted by Crippen LogP contribution is -2.45. The fourth-order valence-electron chi connectivity index (χ4n) is 3.13. The Hall–Kier alpha value is -2.67. The molecule has 2 atom stereocenters. The summed E-state index contributed by atoms with van der Waals surface area (Å²) in [6, 6.07) is 9.21. The monoisotopic (exact) mass is 341 g/mol. The van der Waals surface area contributed by atoms with Crippen LogP contribution in [0.25, 0.3) is 0 Å². The molecule has 0 bridgehead atoms. The van der Waals surface area contributed by atoms with Gasteiger partial charge in [-0.2, -0.15) is 5.10 Å². The van der Waals surface area contributed by atoms with Crippen molar-refractivity contribution in [2.75, 3.05) is 13.1 Å². The van der Waals surface area contributed by atoms with E-state index in [1.165, 1.54) is 0 Å². The van der Waals surface area contributed by atoms with E-state index in [0.29, 0.717) is 31.6 Å². The SMILES string of the molecule is CCNC(=O)[C@@H]1C[C@H](N)CN1C(=O)c1cnn(Cc2ccccc2)c1. The van der Waals surface area contributed by atoms with Crippen LogP contribution in [-0.2, 0) is 11.3 Å². The minimum atomic E-state index is -0.514. The zero-order chi connectivity index (χ0) is 17.8. The molecule has 1 fully saturated rings. The third-order valence-electron chi connectivity index (χ3n) is 4.32. The van der Waals surface area contributed by atoms with Crippen LogP contribution < -0.4 is 11.1 Å². The molecular formula is C18H23N5O2. The van der Waals surface area contributed by atoms with Gasteiger partial charge in [-0.05, 0) is 18.9 Å². The van der Waals surface area contributed by atoms with Gasteiger partial charge in [-0.3, -0.25) is 14.3 Å². The molecule has 3 rings (SSSR count). The van der Waals surface area contributed by atoms with Crippen molar-refractivity contribution in [2.45, 2.75) is 32.0 Å². The van der Waals surface area contributed by atoms with Gasteiger partial charge >= 0.3 is 0 Å². The number of rotatable bonds is 5. The molecule has 2 aromatic rings. The number of nitrogens with one attached hydrogen (secondary N) is 1. The highest BCUT2D eigenvalue weighted by molar-refractivity contribution is 5.97. The van der Waals surface area contributed by atoms with E-state index in [-0.39, 0.29) is 17.9 Å². The van der Waals surface area contributed by atoms with Gasteiger partial charge in [0.2, 0.25) is 5.91 Å². The highest BCUT2D eigenvalue weighted by Crippen LogP contribution is 2.20. The Balaban J connectivity index is 1.73. The van der Waals surface area contributed by atoms with Gasteiger partial charge in [0.15, 0.2) is 0 Å². The summed E-state index contributed by atoms with van der Waals surface area (Å²) in [6.45, 7) is 3.35. The molecule has 1 aliphatic heterocycles. The highest BCUT2D eigenvalue weighted by Gasteiger charge is 2.38. The quantitative estimate of drug-likeness (QED) is 0.833. The number of carbonyl (C=O) groups is 2. The maximum atomic E-state index is 12.8. The summed E-state index contributed by atoms with van der Waals surface area (Å²) >= 11 is 0. The first-order valence-corrected chi connectivity index (χ1v) is 8.49. The Bertz CT molecular complexity index is 743. The Kier molecular flexibility index (Phi) is 5.14. The molecule has 2 heterocycles. The standard InChI is InChI=1S/C18H23N5O2/c1-2-20-17(24)16-8-15(19)12-23(16)18(25)14-9-21-22(11-14)10-13-6-4-3-5-7-13/h3-7,9,11,15-16H,2,8,10,12,19H2,1H3,(H,20,24)/t15-,16-/m0/s1. The van der Waals surface area contributed by atoms with E-state index in [2.05, 4.69) is 10.4 Å². The molecule has 7 heteroatoms. The lowest BCUT2D eigenvalue weighted by Gasteiger charge is -2.23. The predicted octanol–water partition coefficient (Wildman–Crippen LogP) is 0.609. The van der Waals surface area contributed by atoms with Crippen molar-refractivity contribution >= 4 is 11.8 Å². The number of aromatic nitrogens is 2. The number of hydrogen-bond donors (Lipinski definition) is 2. The van der Waals surface area contributed by atoms with Crippen molar-refractivity contribution in [1.82, 2.24) is 20.0 Å². The van der Waals surface area contributed by atoms with E-state index in [1.807, 2.05) is 37.3 Å². The molecule has 0 radical (unpaired) electrons. The van der Waals surface area contributed by atoms with Crippen molar-refractivity contribution in [3.63, 3.8) is 0 Å². The van der Waals surface area contributed by atoms with Gasteiger partial charge in [-0.15, -0.1) is 0 Å². The molecule has 132 valence electrons. The van der Waals surface area contributed by atoms with Crippen LogP contribution in [0.3, 0.4) is 0 Å². The van der Waals surface area contributed by atoms with E-state index in [1.54, 1.807) is 22.0 Å². The van der Waals surface area contributed by atoms with Gasteiger partial charge in [0.25, 0.3) is 5.91 Å². The average Bonchev–Trinajstić information content (AvgIpc) is 3.22. The molecule has 1 aromatic heterocycles. The van der Waals surface area contributed by atoms with Crippen molar-refractivity contribution in [2.24, 2.45) is 5.73 Å². The van der Waals surface area contributed by atoms with E-state index in [9.17, 15) is 9.59 Å². The number of amides is 2. The smallest absolute Gasteiger partial charge is 0.257 e. The molecule has 7 nitrogen and oxygen atoms in total. The molecule has 1 saturated heterocycles. The van der Waals surface area contributed by atoms with E-state index >= 15 is 0 Å². The summed E-state index contributed by atoms with van der Waals surface area (Å²) in [5.41, 5.74) is 7.55. The van der Waals surface area contributed by atoms with Crippen LogP contribution in [0.1, 0.15) is 29.3 Å². The van der Waals surface area contributed by atoms with Crippen LogP contribution in [0.15, 0.2) is 42.7 Å². The lowest BCUT2D eigenvalue weighted by molar-refractivity contribution is -0.124. The summed E-state index contributed by atoms with van der Waals surface area (Å²) in [5, 5.41) is 7.04. The first kappa shape index (κ1) is 17.2. The number of likely N-dealkylation sites (tertiary alicyclic amines) is 1. The molecule has 25 heavy (non-hydrogen) atoms. The number of nitrogens with zero attached hydrogens (tertiary/aromatic N) is 3. The second-order valence-corrected chi connectivity index (χ2v) is 6.28. The van der Waals surface area contributed by atoms with Crippen LogP contribution in [-0.4, -0.2) is 51.7 Å². The van der Waals surface area contributed by atoms with Crippen molar-refractivity contribution in [3.05, 3.63) is 53.9 Å². The van der Waals surface area contributed by atoms with Crippen LogP contribution in [0.4, 0.5) is 0 Å². The fraction of sp³-hybridized carbons (Fsp3) is 0.389. The summed E-state index contributed by atoms with van der Waals surface area (Å²) in [7, 11) is 0. The maximum Gasteiger partial charge on any atom is 0.257 e. The third-order valence-corrected chi connectivity index (χ3v) is 4.32. The van der Waals surface area contributed by atoms with Gasteiger partial charge < -0.3 is 16.0 Å². The van der Waals surface area contributed by atoms with Gasteiger partial charge in [0, 0.05) is 25.3 Å². The van der Waals surface area contributed by atoms with Crippen molar-refractivity contribution < 1.29 is 9.59 Å². The summed E-state index contributed by atoms with van der Waals surface area (Å²) in [6.07, 6.45) is 3.74. The van der Waals surface area contributed by atoms with E-state index in [4.69, 9.17) is 5.73 Å². The number of benzene rings is 1. The second-order valence-electron chi connectivity index (χ2n) is 6.28. The molecular weight excluding hydrogens is 318 g/mol. The Labute approximate surface area is 146 Å². The topological polar surface area (TPSA) is 93.2 Å². The molecule has 2 amide bonds. The van der Waals surface area contributed by atoms with Crippen LogP contribution >= 0.6 is 0 Å². The summed E-state index contributed by atoms with van der Waals surface area (Å²) in [5.74, 6) is -0.357. The molecule has 0 aliphatic carbocycles. The molecule has 0 unspecified atom stereocenters. The van der Waals surface area contributed by atoms with Crippen molar-refractivity contribution in [1.29, 1.82) is 0 Å². The number of nitrogens with two attached hydrogens (primary N) is 1. The summed E-state index contributed by atoms with van der Waals surface area (Å²) < 4.78 is 1.72. The maximum absolute atomic E-state index is 12.8. The van der Waals surface area contributed by atoms with Gasteiger partial charge in [0.1, 0.15) is 6.04 Å². The zero-order valence-corrected chi connectivity index (χ0v) is 14.3. The zero-order valence-electron chi connectivity index (χ0n) is 14.3. The number of likely N-dealkylation sites (N-methyl/N-ethyl adjacent to an activating group) is 1. The lowest BCUT2D eigenvalue weighted by atomic mass is 10.1. The third kappa shape index (κ3) is 3.88. The Morgan fingerprint density at radius 2 is 2.08 bits per heavy atom. The first-order chi connectivity index (χ1) is 12.1. The van der Waals surface area contributed by atoms with Crippen LogP contribution in [0.5, 0.6) is 0 Å². The number of hydrogen-bond acceptors (Lipinski definition) is 4. The minimum absolute atomic E-state index is 0.152. The first-order valence-electron chi connectivity index (χ1n) is 8.49. The van der Waals surface area contributed by atoms with E-state index in [0.717, 1.165) is 5.56 Å². The van der Waals surface area contributed by atoms with Crippen LogP contribution in [0, 0.1) is 0 Å². The Morgan fingerprint density at radius 1 is 1.32 bits per heavy atom. The molecule has 0 saturated carbocycles. The normalized spacial score (nSPS) is 19.8. The average molecular weight is 341 g/mol. The molecule has 0 spiro atoms. The fourth-order valence-corrected chi connectivity index (χ4v) is 3.13.